The van der Waals surface area contributed by atoms with Crippen molar-refractivity contribution in [3.63, 3.8) is 0 Å². The summed E-state index contributed by atoms with van der Waals surface area (Å²) in [5, 5.41) is 3.48. The quantitative estimate of drug-likeness (QED) is 0.301. The van der Waals surface area contributed by atoms with Crippen LogP contribution in [0.4, 0.5) is 0 Å². The zero-order valence-corrected chi connectivity index (χ0v) is 18.3. The zero-order chi connectivity index (χ0) is 16.5. The number of hydrogen-bond acceptors (Lipinski definition) is 3. The van der Waals surface area contributed by atoms with Gasteiger partial charge in [0, 0.05) is 39.3 Å². The fourth-order valence-corrected chi connectivity index (χ4v) is 3.45. The van der Waals surface area contributed by atoms with Gasteiger partial charge in [0.1, 0.15) is 0 Å². The van der Waals surface area contributed by atoms with Gasteiger partial charge in [-0.3, -0.25) is 4.99 Å². The molecule has 0 atom stereocenters. The van der Waals surface area contributed by atoms with Gasteiger partial charge in [0.25, 0.3) is 0 Å². The van der Waals surface area contributed by atoms with Crippen LogP contribution in [0.1, 0.15) is 39.5 Å². The van der Waals surface area contributed by atoms with E-state index in [0.717, 1.165) is 38.1 Å². The number of piperidine rings is 1. The van der Waals surface area contributed by atoms with Gasteiger partial charge in [0.05, 0.1) is 0 Å². The van der Waals surface area contributed by atoms with Crippen LogP contribution in [0.5, 0.6) is 0 Å². The summed E-state index contributed by atoms with van der Waals surface area (Å²) in [4.78, 5) is 12.4. The molecule has 0 spiro atoms. The highest BCUT2D eigenvalue weighted by Gasteiger charge is 2.18. The van der Waals surface area contributed by atoms with Gasteiger partial charge >= 0.3 is 0 Å². The van der Waals surface area contributed by atoms with Crippen LogP contribution in [-0.2, 0) is 0 Å². The Balaban J connectivity index is 0.00000288. The number of halogens is 1. The summed E-state index contributed by atoms with van der Waals surface area (Å²) in [6, 6.07) is 0. The molecule has 0 unspecified atom stereocenters. The van der Waals surface area contributed by atoms with Gasteiger partial charge in [-0.25, -0.2) is 0 Å². The number of hydrogen-bond donors (Lipinski definition) is 1. The van der Waals surface area contributed by atoms with Crippen LogP contribution in [0, 0.1) is 5.92 Å². The van der Waals surface area contributed by atoms with E-state index in [2.05, 4.69) is 40.9 Å². The van der Waals surface area contributed by atoms with Gasteiger partial charge in [-0.05, 0) is 65.2 Å². The van der Waals surface area contributed by atoms with Crippen molar-refractivity contribution in [1.82, 2.24) is 20.0 Å². The molecule has 2 saturated heterocycles. The number of nitrogens with zero attached hydrogens (tertiary/aromatic N) is 4. The van der Waals surface area contributed by atoms with Gasteiger partial charge in [-0.15, -0.1) is 24.0 Å². The molecule has 0 aromatic heterocycles. The summed E-state index contributed by atoms with van der Waals surface area (Å²) in [6.45, 7) is 14.8. The first-order valence-corrected chi connectivity index (χ1v) is 9.63. The average Bonchev–Trinajstić information content (AvgIpc) is 2.76. The monoisotopic (exact) mass is 451 g/mol. The van der Waals surface area contributed by atoms with Gasteiger partial charge in [0.15, 0.2) is 5.96 Å². The molecule has 1 N–H and O–H groups in total. The van der Waals surface area contributed by atoms with Crippen molar-refractivity contribution < 1.29 is 0 Å². The minimum absolute atomic E-state index is 0. The van der Waals surface area contributed by atoms with Crippen LogP contribution in [-0.4, -0.2) is 86.6 Å². The fraction of sp³-hybridized carbons (Fsp3) is 0.944. The molecule has 2 aliphatic rings. The van der Waals surface area contributed by atoms with Crippen molar-refractivity contribution in [2.45, 2.75) is 39.5 Å². The third kappa shape index (κ3) is 7.87. The summed E-state index contributed by atoms with van der Waals surface area (Å²) >= 11 is 0. The molecule has 0 aromatic carbocycles. The lowest BCUT2D eigenvalue weighted by molar-refractivity contribution is 0.269. The van der Waals surface area contributed by atoms with E-state index < -0.39 is 0 Å². The first kappa shape index (κ1) is 22.0. The largest absolute Gasteiger partial charge is 0.357 e. The van der Waals surface area contributed by atoms with Crippen molar-refractivity contribution in [3.05, 3.63) is 0 Å². The molecule has 2 rings (SSSR count). The molecule has 0 aromatic rings. The summed E-state index contributed by atoms with van der Waals surface area (Å²) in [7, 11) is 2.23. The maximum absolute atomic E-state index is 4.88. The molecule has 2 aliphatic heterocycles. The summed E-state index contributed by atoms with van der Waals surface area (Å²) in [5.41, 5.74) is 0. The molecular formula is C18H38IN5. The third-order valence-corrected chi connectivity index (χ3v) is 5.12. The van der Waals surface area contributed by atoms with E-state index in [4.69, 9.17) is 4.99 Å². The van der Waals surface area contributed by atoms with Crippen LogP contribution < -0.4 is 5.32 Å². The summed E-state index contributed by atoms with van der Waals surface area (Å²) in [6.07, 6.45) is 5.06. The first-order valence-electron chi connectivity index (χ1n) is 9.63. The molecule has 0 amide bonds. The second-order valence-electron chi connectivity index (χ2n) is 7.26. The highest BCUT2D eigenvalue weighted by atomic mass is 127. The minimum Gasteiger partial charge on any atom is -0.357 e. The molecule has 0 saturated carbocycles. The van der Waals surface area contributed by atoms with Crippen LogP contribution in [0.2, 0.25) is 0 Å². The Labute approximate surface area is 166 Å². The lowest BCUT2D eigenvalue weighted by atomic mass is 10.00. The molecule has 5 nitrogen and oxygen atoms in total. The Morgan fingerprint density at radius 1 is 1.08 bits per heavy atom. The highest BCUT2D eigenvalue weighted by Crippen LogP contribution is 2.15. The Morgan fingerprint density at radius 2 is 1.83 bits per heavy atom. The normalized spacial score (nSPS) is 22.1. The Morgan fingerprint density at radius 3 is 2.54 bits per heavy atom. The van der Waals surface area contributed by atoms with Crippen molar-refractivity contribution in [3.8, 4) is 0 Å². The van der Waals surface area contributed by atoms with Crippen molar-refractivity contribution >= 4 is 29.9 Å². The van der Waals surface area contributed by atoms with Gasteiger partial charge in [-0.2, -0.15) is 0 Å². The lowest BCUT2D eigenvalue weighted by Crippen LogP contribution is -2.45. The predicted octanol–water partition coefficient (Wildman–Crippen LogP) is 2.33. The van der Waals surface area contributed by atoms with Crippen LogP contribution in [0.25, 0.3) is 0 Å². The SMILES string of the molecule is CCNC(=NCCCN1CCCN(C)CC1)N1CCC(C)CC1.I. The van der Waals surface area contributed by atoms with Crippen molar-refractivity contribution in [1.29, 1.82) is 0 Å². The van der Waals surface area contributed by atoms with E-state index in [0.29, 0.717) is 0 Å². The molecule has 24 heavy (non-hydrogen) atoms. The second-order valence-corrected chi connectivity index (χ2v) is 7.26. The Hall–Kier alpha value is -0.0800. The topological polar surface area (TPSA) is 34.1 Å². The number of aliphatic imine (C=N–C) groups is 1. The molecule has 0 radical (unpaired) electrons. The van der Waals surface area contributed by atoms with Crippen LogP contribution >= 0.6 is 24.0 Å². The Bertz CT molecular complexity index is 355. The fourth-order valence-electron chi connectivity index (χ4n) is 3.45. The smallest absolute Gasteiger partial charge is 0.193 e. The number of likely N-dealkylation sites (tertiary alicyclic amines) is 1. The standard InChI is InChI=1S/C18H37N5.HI/c1-4-19-18(23-13-7-17(2)8-14-23)20-9-5-11-22-12-6-10-21(3)15-16-22;/h17H,4-16H2,1-3H3,(H,19,20);1H. The second kappa shape index (κ2) is 12.3. The zero-order valence-electron chi connectivity index (χ0n) is 16.0. The third-order valence-electron chi connectivity index (χ3n) is 5.12. The van der Waals surface area contributed by atoms with Crippen LogP contribution in [0.15, 0.2) is 4.99 Å². The number of guanidine groups is 1. The minimum atomic E-state index is 0. The maximum atomic E-state index is 4.88. The first-order chi connectivity index (χ1) is 11.2. The van der Waals surface area contributed by atoms with Gasteiger partial charge in [0.2, 0.25) is 0 Å². The van der Waals surface area contributed by atoms with Crippen molar-refractivity contribution in [2.24, 2.45) is 10.9 Å². The number of likely N-dealkylation sites (N-methyl/N-ethyl adjacent to an activating group) is 1. The van der Waals surface area contributed by atoms with E-state index in [1.54, 1.807) is 0 Å². The van der Waals surface area contributed by atoms with E-state index in [-0.39, 0.29) is 24.0 Å². The molecular weight excluding hydrogens is 413 g/mol. The maximum Gasteiger partial charge on any atom is 0.193 e. The lowest BCUT2D eigenvalue weighted by Gasteiger charge is -2.33. The van der Waals surface area contributed by atoms with Crippen molar-refractivity contribution in [2.75, 3.05) is 66.0 Å². The van der Waals surface area contributed by atoms with E-state index in [1.807, 2.05) is 0 Å². The molecule has 2 heterocycles. The van der Waals surface area contributed by atoms with Gasteiger partial charge in [-0.1, -0.05) is 6.92 Å². The predicted molar refractivity (Wildman–Crippen MR) is 115 cm³/mol. The molecule has 142 valence electrons. The molecule has 6 heteroatoms. The Kier molecular flexibility index (Phi) is 11.3. The van der Waals surface area contributed by atoms with E-state index >= 15 is 0 Å². The molecule has 0 bridgehead atoms. The van der Waals surface area contributed by atoms with Gasteiger partial charge < -0.3 is 20.0 Å². The molecule has 2 fully saturated rings. The molecule has 0 aliphatic carbocycles. The number of rotatable bonds is 5. The highest BCUT2D eigenvalue weighted by molar-refractivity contribution is 14.0. The van der Waals surface area contributed by atoms with E-state index in [9.17, 15) is 0 Å². The number of nitrogens with one attached hydrogen (secondary N) is 1. The van der Waals surface area contributed by atoms with E-state index in [1.165, 1.54) is 58.4 Å². The average molecular weight is 451 g/mol. The van der Waals surface area contributed by atoms with Crippen LogP contribution in [0.3, 0.4) is 0 Å². The summed E-state index contributed by atoms with van der Waals surface area (Å²) in [5.74, 6) is 2.00. The summed E-state index contributed by atoms with van der Waals surface area (Å²) < 4.78 is 0.